The van der Waals surface area contributed by atoms with E-state index in [1.54, 1.807) is 29.5 Å². The Morgan fingerprint density at radius 2 is 1.87 bits per heavy atom. The zero-order valence-electron chi connectivity index (χ0n) is 12.0. The number of benzene rings is 2. The van der Waals surface area contributed by atoms with Gasteiger partial charge in [-0.25, -0.2) is 0 Å². The van der Waals surface area contributed by atoms with Gasteiger partial charge in [0.25, 0.3) is 5.56 Å². The summed E-state index contributed by atoms with van der Waals surface area (Å²) < 4.78 is 2.50. The van der Waals surface area contributed by atoms with E-state index in [9.17, 15) is 4.79 Å². The van der Waals surface area contributed by atoms with E-state index in [1.165, 1.54) is 4.68 Å². The number of hydrogen-bond acceptors (Lipinski definition) is 3. The number of aromatic nitrogens is 2. The van der Waals surface area contributed by atoms with Gasteiger partial charge in [-0.3, -0.25) is 4.79 Å². The van der Waals surface area contributed by atoms with Crippen LogP contribution in [0, 0.1) is 6.92 Å². The summed E-state index contributed by atoms with van der Waals surface area (Å²) in [4.78, 5) is 13.8. The van der Waals surface area contributed by atoms with Crippen LogP contribution in [-0.4, -0.2) is 9.78 Å². The summed E-state index contributed by atoms with van der Waals surface area (Å²) >= 11 is 13.6. The summed E-state index contributed by atoms with van der Waals surface area (Å²) in [6.07, 6.45) is 0. The van der Waals surface area contributed by atoms with Gasteiger partial charge in [-0.1, -0.05) is 41.4 Å². The van der Waals surface area contributed by atoms with Crippen molar-refractivity contribution in [2.24, 2.45) is 0 Å². The Bertz CT molecular complexity index is 1080. The standard InChI is InChI=1S/C17H10Cl2N2OS/c1-9-15-16(11-4-2-3-5-14(11)23-9)20-21(17(15)22)10-6-7-12(18)13(19)8-10/h2-8H,1H3. The lowest BCUT2D eigenvalue weighted by Crippen LogP contribution is -2.14. The Morgan fingerprint density at radius 1 is 1.09 bits per heavy atom. The van der Waals surface area contributed by atoms with Crippen molar-refractivity contribution in [3.05, 3.63) is 67.7 Å². The molecule has 0 N–H and O–H groups in total. The smallest absolute Gasteiger partial charge is 0.267 e. The molecule has 0 spiro atoms. The molecule has 0 atom stereocenters. The van der Waals surface area contributed by atoms with Gasteiger partial charge >= 0.3 is 0 Å². The molecule has 0 amide bonds. The molecule has 0 saturated carbocycles. The molecule has 0 aromatic heterocycles. The maximum atomic E-state index is 12.8. The minimum atomic E-state index is -0.141. The zero-order valence-corrected chi connectivity index (χ0v) is 14.3. The van der Waals surface area contributed by atoms with Crippen molar-refractivity contribution in [1.82, 2.24) is 9.78 Å². The van der Waals surface area contributed by atoms with Crippen molar-refractivity contribution in [3.63, 3.8) is 0 Å². The summed E-state index contributed by atoms with van der Waals surface area (Å²) in [6, 6.07) is 13.0. The van der Waals surface area contributed by atoms with Crippen LogP contribution in [0.5, 0.6) is 0 Å². The Morgan fingerprint density at radius 3 is 2.65 bits per heavy atom. The topological polar surface area (TPSA) is 34.9 Å². The SMILES string of the molecule is Cc1sc2ccccc2c2nn(-c3ccc(Cl)c(Cl)c3)c(=O)c1-2. The van der Waals surface area contributed by atoms with E-state index in [4.69, 9.17) is 23.2 Å². The Balaban J connectivity index is 2.09. The van der Waals surface area contributed by atoms with Gasteiger partial charge in [0, 0.05) is 15.0 Å². The Hall–Kier alpha value is -1.88. The maximum absolute atomic E-state index is 12.8. The van der Waals surface area contributed by atoms with E-state index in [0.717, 1.165) is 15.0 Å². The van der Waals surface area contributed by atoms with E-state index in [-0.39, 0.29) is 5.56 Å². The number of halogens is 2. The minimum Gasteiger partial charge on any atom is -0.267 e. The van der Waals surface area contributed by atoms with Crippen molar-refractivity contribution in [2.75, 3.05) is 0 Å². The van der Waals surface area contributed by atoms with Crippen molar-refractivity contribution >= 4 is 44.6 Å². The second kappa shape index (κ2) is 5.34. The van der Waals surface area contributed by atoms with Crippen molar-refractivity contribution in [3.8, 4) is 16.9 Å². The average Bonchev–Trinajstić information content (AvgIpc) is 2.89. The van der Waals surface area contributed by atoms with E-state index in [2.05, 4.69) is 5.10 Å². The van der Waals surface area contributed by atoms with Crippen LogP contribution in [0.15, 0.2) is 47.3 Å². The molecule has 0 aliphatic carbocycles. The first-order valence-corrected chi connectivity index (χ1v) is 8.50. The summed E-state index contributed by atoms with van der Waals surface area (Å²) in [5.41, 5.74) is 1.83. The quantitative estimate of drug-likeness (QED) is 0.469. The van der Waals surface area contributed by atoms with Gasteiger partial charge in [0.15, 0.2) is 0 Å². The van der Waals surface area contributed by atoms with Gasteiger partial charge < -0.3 is 0 Å². The normalized spacial score (nSPS) is 11.4. The molecule has 2 aliphatic rings. The highest BCUT2D eigenvalue weighted by molar-refractivity contribution is 7.18. The lowest BCUT2D eigenvalue weighted by atomic mass is 10.1. The first kappa shape index (κ1) is 14.7. The van der Waals surface area contributed by atoms with Crippen LogP contribution in [0.1, 0.15) is 4.88 Å². The van der Waals surface area contributed by atoms with E-state index in [1.807, 2.05) is 31.2 Å². The lowest BCUT2D eigenvalue weighted by molar-refractivity contribution is 0.859. The molecule has 0 fully saturated rings. The monoisotopic (exact) mass is 360 g/mol. The lowest BCUT2D eigenvalue weighted by Gasteiger charge is -2.04. The molecule has 4 rings (SSSR count). The molecule has 0 bridgehead atoms. The van der Waals surface area contributed by atoms with Crippen LogP contribution < -0.4 is 5.56 Å². The summed E-state index contributed by atoms with van der Waals surface area (Å²) in [5.74, 6) is 0. The van der Waals surface area contributed by atoms with E-state index < -0.39 is 0 Å². The molecule has 114 valence electrons. The first-order chi connectivity index (χ1) is 11.1. The molecule has 2 heterocycles. The summed E-state index contributed by atoms with van der Waals surface area (Å²) in [5, 5.41) is 6.38. The number of nitrogens with zero attached hydrogens (tertiary/aromatic N) is 2. The number of hydrogen-bond donors (Lipinski definition) is 0. The van der Waals surface area contributed by atoms with Crippen LogP contribution in [0.4, 0.5) is 0 Å². The molecule has 0 saturated heterocycles. The van der Waals surface area contributed by atoms with Gasteiger partial charge in [0.05, 0.1) is 21.3 Å². The van der Waals surface area contributed by atoms with Gasteiger partial charge in [-0.2, -0.15) is 9.78 Å². The molecule has 3 nitrogen and oxygen atoms in total. The van der Waals surface area contributed by atoms with Crippen LogP contribution >= 0.6 is 34.5 Å². The average molecular weight is 361 g/mol. The Labute approximate surface area is 146 Å². The number of aryl methyl sites for hydroxylation is 1. The summed E-state index contributed by atoms with van der Waals surface area (Å²) in [6.45, 7) is 1.95. The van der Waals surface area contributed by atoms with Gasteiger partial charge in [-0.05, 0) is 31.2 Å². The third kappa shape index (κ3) is 2.26. The van der Waals surface area contributed by atoms with E-state index in [0.29, 0.717) is 27.0 Å². The highest BCUT2D eigenvalue weighted by atomic mass is 35.5. The molecule has 2 aliphatic heterocycles. The second-order valence-electron chi connectivity index (χ2n) is 5.19. The van der Waals surface area contributed by atoms with Crippen molar-refractivity contribution < 1.29 is 0 Å². The molecular weight excluding hydrogens is 351 g/mol. The molecular formula is C17H10Cl2N2OS. The highest BCUT2D eigenvalue weighted by Crippen LogP contribution is 2.34. The fraction of sp³-hybridized carbons (Fsp3) is 0.0588. The predicted molar refractivity (Wildman–Crippen MR) is 96.6 cm³/mol. The van der Waals surface area contributed by atoms with Crippen LogP contribution in [0.25, 0.3) is 27.0 Å². The fourth-order valence-corrected chi connectivity index (χ4v) is 4.00. The largest absolute Gasteiger partial charge is 0.282 e. The third-order valence-corrected chi connectivity index (χ3v) is 5.57. The maximum Gasteiger partial charge on any atom is 0.282 e. The molecule has 6 heteroatoms. The highest BCUT2D eigenvalue weighted by Gasteiger charge is 2.22. The number of rotatable bonds is 1. The van der Waals surface area contributed by atoms with Gasteiger partial charge in [0.1, 0.15) is 5.69 Å². The molecule has 2 aromatic rings. The second-order valence-corrected chi connectivity index (χ2v) is 7.26. The van der Waals surface area contributed by atoms with Crippen molar-refractivity contribution in [2.45, 2.75) is 6.92 Å². The zero-order chi connectivity index (χ0) is 16.1. The minimum absolute atomic E-state index is 0.141. The van der Waals surface area contributed by atoms with Crippen LogP contribution in [0.2, 0.25) is 10.0 Å². The Kier molecular flexibility index (Phi) is 3.41. The van der Waals surface area contributed by atoms with Gasteiger partial charge in [-0.15, -0.1) is 11.3 Å². The van der Waals surface area contributed by atoms with Crippen LogP contribution in [0.3, 0.4) is 0 Å². The van der Waals surface area contributed by atoms with E-state index >= 15 is 0 Å². The molecule has 0 radical (unpaired) electrons. The molecule has 2 aromatic carbocycles. The van der Waals surface area contributed by atoms with Crippen LogP contribution in [-0.2, 0) is 0 Å². The summed E-state index contributed by atoms with van der Waals surface area (Å²) in [7, 11) is 0. The van der Waals surface area contributed by atoms with Crippen molar-refractivity contribution in [1.29, 1.82) is 0 Å². The number of fused-ring (bicyclic) bond motifs is 3. The third-order valence-electron chi connectivity index (χ3n) is 3.75. The molecule has 0 unspecified atom stereocenters. The first-order valence-electron chi connectivity index (χ1n) is 6.93. The molecule has 23 heavy (non-hydrogen) atoms. The predicted octanol–water partition coefficient (Wildman–Crippen LogP) is 5.17. The van der Waals surface area contributed by atoms with Gasteiger partial charge in [0.2, 0.25) is 0 Å². The fourth-order valence-electron chi connectivity index (χ4n) is 2.67.